The number of hydrogen-bond donors (Lipinski definition) is 1. The first-order valence-corrected chi connectivity index (χ1v) is 9.15. The van der Waals surface area contributed by atoms with Gasteiger partial charge in [0.1, 0.15) is 11.9 Å². The van der Waals surface area contributed by atoms with E-state index in [2.05, 4.69) is 11.1 Å². The van der Waals surface area contributed by atoms with Gasteiger partial charge in [-0.3, -0.25) is 0 Å². The molecule has 0 spiro atoms. The number of aryl methyl sites for hydroxylation is 1. The molecule has 0 saturated carbocycles. The highest BCUT2D eigenvalue weighted by Crippen LogP contribution is 2.31. The van der Waals surface area contributed by atoms with Gasteiger partial charge < -0.3 is 4.90 Å². The van der Waals surface area contributed by atoms with Crippen molar-refractivity contribution < 1.29 is 8.42 Å². The number of nitrogens with two attached hydrogens (primary N) is 1. The minimum absolute atomic E-state index is 0.0230. The summed E-state index contributed by atoms with van der Waals surface area (Å²) in [7, 11) is -3.48. The van der Waals surface area contributed by atoms with Gasteiger partial charge in [0.25, 0.3) is 0 Å². The maximum atomic E-state index is 11.3. The van der Waals surface area contributed by atoms with Crippen molar-refractivity contribution in [1.82, 2.24) is 4.98 Å². The van der Waals surface area contributed by atoms with Gasteiger partial charge in [0.2, 0.25) is 10.0 Å². The molecule has 0 amide bonds. The van der Waals surface area contributed by atoms with Crippen molar-refractivity contribution in [3.05, 3.63) is 35.4 Å². The fraction of sp³-hybridized carbons (Fsp3) is 0.375. The summed E-state index contributed by atoms with van der Waals surface area (Å²) in [5.41, 5.74) is 2.30. The first-order chi connectivity index (χ1) is 10.9. The predicted molar refractivity (Wildman–Crippen MR) is 89.5 cm³/mol. The quantitative estimate of drug-likeness (QED) is 0.920. The molecule has 0 aliphatic carbocycles. The Balaban J connectivity index is 1.99. The van der Waals surface area contributed by atoms with Gasteiger partial charge in [0, 0.05) is 18.5 Å². The fourth-order valence-corrected chi connectivity index (χ4v) is 4.14. The maximum Gasteiger partial charge on any atom is 0.209 e. The molecule has 23 heavy (non-hydrogen) atoms. The third-order valence-electron chi connectivity index (χ3n) is 4.30. The van der Waals surface area contributed by atoms with Crippen LogP contribution in [0.4, 0.5) is 5.82 Å². The van der Waals surface area contributed by atoms with Gasteiger partial charge in [0.15, 0.2) is 0 Å². The van der Waals surface area contributed by atoms with Crippen LogP contribution in [0.15, 0.2) is 24.3 Å². The smallest absolute Gasteiger partial charge is 0.209 e. The standard InChI is InChI=1S/C16H18N4O2S/c1-11-13-4-2-3-5-15(13)19-16(14(11)8-17)20-7-6-12(9-20)10-23(18,21)22/h2-5,12H,6-7,9-10H2,1H3,(H2,18,21,22). The average molecular weight is 330 g/mol. The van der Waals surface area contributed by atoms with Crippen LogP contribution in [0.1, 0.15) is 17.5 Å². The van der Waals surface area contributed by atoms with Crippen LogP contribution in [-0.2, 0) is 10.0 Å². The lowest BCUT2D eigenvalue weighted by atomic mass is 10.0. The molecule has 0 radical (unpaired) electrons. The number of para-hydroxylation sites is 1. The molecule has 7 heteroatoms. The maximum absolute atomic E-state index is 11.3. The zero-order valence-corrected chi connectivity index (χ0v) is 13.7. The second-order valence-corrected chi connectivity index (χ2v) is 7.65. The van der Waals surface area contributed by atoms with Crippen molar-refractivity contribution in [3.63, 3.8) is 0 Å². The van der Waals surface area contributed by atoms with Crippen molar-refractivity contribution in [2.75, 3.05) is 23.7 Å². The zero-order chi connectivity index (χ0) is 16.6. The number of pyridine rings is 1. The topological polar surface area (TPSA) is 100 Å². The predicted octanol–water partition coefficient (Wildman–Crippen LogP) is 1.53. The Labute approximate surface area is 135 Å². The van der Waals surface area contributed by atoms with E-state index in [1.54, 1.807) is 0 Å². The molecule has 1 aliphatic heterocycles. The van der Waals surface area contributed by atoms with E-state index in [9.17, 15) is 13.7 Å². The molecule has 1 saturated heterocycles. The first-order valence-electron chi connectivity index (χ1n) is 7.44. The average Bonchev–Trinajstić information content (AvgIpc) is 2.93. The molecule has 1 unspecified atom stereocenters. The number of sulfonamides is 1. The Morgan fingerprint density at radius 3 is 2.87 bits per heavy atom. The monoisotopic (exact) mass is 330 g/mol. The van der Waals surface area contributed by atoms with Gasteiger partial charge in [-0.05, 0) is 30.9 Å². The fourth-order valence-electron chi connectivity index (χ4n) is 3.21. The van der Waals surface area contributed by atoms with E-state index in [1.807, 2.05) is 36.1 Å². The summed E-state index contributed by atoms with van der Waals surface area (Å²) < 4.78 is 22.5. The van der Waals surface area contributed by atoms with Crippen LogP contribution in [0.5, 0.6) is 0 Å². The third-order valence-corrected chi connectivity index (χ3v) is 5.23. The molecule has 3 rings (SSSR count). The summed E-state index contributed by atoms with van der Waals surface area (Å²) >= 11 is 0. The van der Waals surface area contributed by atoms with E-state index in [1.165, 1.54) is 0 Å². The minimum atomic E-state index is -3.48. The Bertz CT molecular complexity index is 902. The summed E-state index contributed by atoms with van der Waals surface area (Å²) in [6.45, 7) is 3.15. The molecule has 1 atom stereocenters. The molecule has 6 nitrogen and oxygen atoms in total. The summed E-state index contributed by atoms with van der Waals surface area (Å²) in [4.78, 5) is 6.64. The number of rotatable bonds is 3. The molecule has 1 aromatic heterocycles. The van der Waals surface area contributed by atoms with E-state index in [0.717, 1.165) is 22.9 Å². The second kappa shape index (κ2) is 5.80. The number of aromatic nitrogens is 1. The lowest BCUT2D eigenvalue weighted by Crippen LogP contribution is -2.27. The minimum Gasteiger partial charge on any atom is -0.355 e. The summed E-state index contributed by atoms with van der Waals surface area (Å²) in [6.07, 6.45) is 0.731. The van der Waals surface area contributed by atoms with Crippen LogP contribution in [-0.4, -0.2) is 32.2 Å². The van der Waals surface area contributed by atoms with Gasteiger partial charge in [-0.15, -0.1) is 0 Å². The first kappa shape index (κ1) is 15.7. The lowest BCUT2D eigenvalue weighted by molar-refractivity contribution is 0.573. The Hall–Kier alpha value is -2.17. The Morgan fingerprint density at radius 2 is 2.17 bits per heavy atom. The molecule has 0 bridgehead atoms. The van der Waals surface area contributed by atoms with Crippen LogP contribution in [0.3, 0.4) is 0 Å². The largest absolute Gasteiger partial charge is 0.355 e. The van der Waals surface area contributed by atoms with Gasteiger partial charge in [-0.25, -0.2) is 18.5 Å². The molecule has 120 valence electrons. The number of nitriles is 1. The Kier molecular flexibility index (Phi) is 3.96. The molecular formula is C16H18N4O2S. The summed E-state index contributed by atoms with van der Waals surface area (Å²) in [5, 5.41) is 15.6. The van der Waals surface area contributed by atoms with Gasteiger partial charge in [0.05, 0.1) is 16.8 Å². The summed E-state index contributed by atoms with van der Waals surface area (Å²) in [5.74, 6) is 0.587. The highest BCUT2D eigenvalue weighted by atomic mass is 32.2. The number of benzene rings is 1. The third kappa shape index (κ3) is 3.14. The van der Waals surface area contributed by atoms with E-state index < -0.39 is 10.0 Å². The van der Waals surface area contributed by atoms with E-state index in [-0.39, 0.29) is 11.7 Å². The number of fused-ring (bicyclic) bond motifs is 1. The molecule has 1 aliphatic rings. The SMILES string of the molecule is Cc1c(C#N)c(N2CCC(CS(N)(=O)=O)C2)nc2ccccc12. The van der Waals surface area contributed by atoms with Crippen LogP contribution >= 0.6 is 0 Å². The lowest BCUT2D eigenvalue weighted by Gasteiger charge is -2.20. The molecule has 1 fully saturated rings. The number of primary sulfonamides is 1. The highest BCUT2D eigenvalue weighted by Gasteiger charge is 2.28. The number of anilines is 1. The second-order valence-electron chi connectivity index (χ2n) is 5.99. The van der Waals surface area contributed by atoms with Crippen molar-refractivity contribution in [2.24, 2.45) is 11.1 Å². The van der Waals surface area contributed by atoms with Crippen molar-refractivity contribution >= 4 is 26.7 Å². The van der Waals surface area contributed by atoms with Crippen LogP contribution < -0.4 is 10.0 Å². The normalized spacial score (nSPS) is 18.3. The van der Waals surface area contributed by atoms with Crippen LogP contribution in [0.2, 0.25) is 0 Å². The number of hydrogen-bond acceptors (Lipinski definition) is 5. The summed E-state index contributed by atoms with van der Waals surface area (Å²) in [6, 6.07) is 9.97. The molecule has 2 aromatic rings. The highest BCUT2D eigenvalue weighted by molar-refractivity contribution is 7.89. The van der Waals surface area contributed by atoms with Crippen molar-refractivity contribution in [2.45, 2.75) is 13.3 Å². The molecule has 2 N–H and O–H groups in total. The molecule has 2 heterocycles. The number of nitrogens with zero attached hydrogens (tertiary/aromatic N) is 3. The van der Waals surface area contributed by atoms with Gasteiger partial charge in [-0.2, -0.15) is 5.26 Å². The van der Waals surface area contributed by atoms with Gasteiger partial charge >= 0.3 is 0 Å². The zero-order valence-electron chi connectivity index (χ0n) is 12.9. The van der Waals surface area contributed by atoms with E-state index >= 15 is 0 Å². The molecular weight excluding hydrogens is 312 g/mol. The van der Waals surface area contributed by atoms with Gasteiger partial charge in [-0.1, -0.05) is 18.2 Å². The van der Waals surface area contributed by atoms with Crippen molar-refractivity contribution in [1.29, 1.82) is 5.26 Å². The van der Waals surface area contributed by atoms with E-state index in [0.29, 0.717) is 24.5 Å². The Morgan fingerprint density at radius 1 is 1.43 bits per heavy atom. The molecule has 1 aromatic carbocycles. The van der Waals surface area contributed by atoms with E-state index in [4.69, 9.17) is 5.14 Å². The van der Waals surface area contributed by atoms with Crippen molar-refractivity contribution in [3.8, 4) is 6.07 Å². The van der Waals surface area contributed by atoms with Crippen LogP contribution in [0, 0.1) is 24.2 Å². The van der Waals surface area contributed by atoms with Crippen LogP contribution in [0.25, 0.3) is 10.9 Å².